The predicted molar refractivity (Wildman–Crippen MR) is 75.2 cm³/mol. The molecule has 1 heterocycles. The molecule has 0 spiro atoms. The largest absolute Gasteiger partial charge is 0.326 e. The van der Waals surface area contributed by atoms with Gasteiger partial charge in [-0.2, -0.15) is 0 Å². The monoisotopic (exact) mass is 272 g/mol. The molecule has 3 nitrogen and oxygen atoms in total. The third kappa shape index (κ3) is 2.76. The maximum absolute atomic E-state index is 12.1. The maximum atomic E-state index is 12.1. The van der Waals surface area contributed by atoms with Crippen molar-refractivity contribution in [2.45, 2.75) is 12.3 Å². The van der Waals surface area contributed by atoms with Crippen molar-refractivity contribution >= 4 is 23.2 Å². The molecule has 2 atom stereocenters. The minimum Gasteiger partial charge on any atom is -0.326 e. The van der Waals surface area contributed by atoms with E-state index in [0.717, 1.165) is 6.42 Å². The zero-order chi connectivity index (χ0) is 13.2. The fourth-order valence-corrected chi connectivity index (χ4v) is 2.44. The van der Waals surface area contributed by atoms with Gasteiger partial charge in [0.15, 0.2) is 0 Å². The number of benzene rings is 1. The summed E-state index contributed by atoms with van der Waals surface area (Å²) in [5.41, 5.74) is 1.93. The third-order valence-corrected chi connectivity index (χ3v) is 3.56. The zero-order valence-corrected chi connectivity index (χ0v) is 11.0. The molecular weight excluding hydrogens is 260 g/mol. The highest BCUT2D eigenvalue weighted by Crippen LogP contribution is 2.47. The van der Waals surface area contributed by atoms with E-state index in [0.29, 0.717) is 16.8 Å². The molecule has 0 aliphatic heterocycles. The van der Waals surface area contributed by atoms with Crippen LogP contribution in [0.1, 0.15) is 17.9 Å². The molecule has 19 heavy (non-hydrogen) atoms. The number of hydrogen-bond donors (Lipinski definition) is 1. The van der Waals surface area contributed by atoms with Gasteiger partial charge in [-0.15, -0.1) is 0 Å². The van der Waals surface area contributed by atoms with Crippen molar-refractivity contribution in [2.24, 2.45) is 5.92 Å². The van der Waals surface area contributed by atoms with Crippen LogP contribution in [0.15, 0.2) is 48.7 Å². The molecule has 1 fully saturated rings. The van der Waals surface area contributed by atoms with E-state index in [-0.39, 0.29) is 11.8 Å². The van der Waals surface area contributed by atoms with E-state index >= 15 is 0 Å². The van der Waals surface area contributed by atoms with Crippen molar-refractivity contribution in [1.82, 2.24) is 4.98 Å². The zero-order valence-electron chi connectivity index (χ0n) is 10.2. The first kappa shape index (κ1) is 12.2. The molecule has 1 aromatic carbocycles. The lowest BCUT2D eigenvalue weighted by atomic mass is 10.1. The molecule has 2 unspecified atom stereocenters. The number of aromatic nitrogens is 1. The standard InChI is InChI=1S/C15H13ClN2O/c16-14-8-11(6-7-17-14)18-15(19)13-9-12(13)10-4-2-1-3-5-10/h1-8,12-13H,9H2,(H,17,18,19). The van der Waals surface area contributed by atoms with Gasteiger partial charge < -0.3 is 5.32 Å². The Balaban J connectivity index is 1.64. The molecule has 1 aliphatic carbocycles. The fourth-order valence-electron chi connectivity index (χ4n) is 2.27. The van der Waals surface area contributed by atoms with Crippen LogP contribution in [-0.4, -0.2) is 10.9 Å². The van der Waals surface area contributed by atoms with E-state index < -0.39 is 0 Å². The molecule has 1 aliphatic rings. The number of carbonyl (C=O) groups excluding carboxylic acids is 1. The highest BCUT2D eigenvalue weighted by molar-refractivity contribution is 6.29. The quantitative estimate of drug-likeness (QED) is 0.869. The number of halogens is 1. The topological polar surface area (TPSA) is 42.0 Å². The number of hydrogen-bond acceptors (Lipinski definition) is 2. The summed E-state index contributed by atoms with van der Waals surface area (Å²) in [5.74, 6) is 0.462. The summed E-state index contributed by atoms with van der Waals surface area (Å²) in [7, 11) is 0. The van der Waals surface area contributed by atoms with Gasteiger partial charge in [-0.05, 0) is 30.0 Å². The van der Waals surface area contributed by atoms with E-state index in [2.05, 4.69) is 22.4 Å². The van der Waals surface area contributed by atoms with E-state index in [9.17, 15) is 4.79 Å². The van der Waals surface area contributed by atoms with Crippen molar-refractivity contribution in [3.05, 3.63) is 59.4 Å². The summed E-state index contributed by atoms with van der Waals surface area (Å²) < 4.78 is 0. The van der Waals surface area contributed by atoms with Crippen LogP contribution in [0.5, 0.6) is 0 Å². The first-order valence-corrected chi connectivity index (χ1v) is 6.59. The van der Waals surface area contributed by atoms with Crippen molar-refractivity contribution in [3.8, 4) is 0 Å². The van der Waals surface area contributed by atoms with E-state index in [1.807, 2.05) is 18.2 Å². The minimum atomic E-state index is 0.0520. The SMILES string of the molecule is O=C(Nc1ccnc(Cl)c1)C1CC1c1ccccc1. The molecule has 1 saturated carbocycles. The summed E-state index contributed by atoms with van der Waals surface area (Å²) in [6, 6.07) is 13.5. The highest BCUT2D eigenvalue weighted by atomic mass is 35.5. The number of carbonyl (C=O) groups is 1. The van der Waals surface area contributed by atoms with Crippen LogP contribution in [0.2, 0.25) is 5.15 Å². The van der Waals surface area contributed by atoms with Gasteiger partial charge in [-0.25, -0.2) is 4.98 Å². The number of amides is 1. The Morgan fingerprint density at radius 2 is 2.05 bits per heavy atom. The molecule has 4 heteroatoms. The number of anilines is 1. The normalized spacial score (nSPS) is 20.9. The third-order valence-electron chi connectivity index (χ3n) is 3.35. The summed E-state index contributed by atoms with van der Waals surface area (Å²) in [6.45, 7) is 0. The molecule has 1 N–H and O–H groups in total. The van der Waals surface area contributed by atoms with Crippen LogP contribution in [0.25, 0.3) is 0 Å². The minimum absolute atomic E-state index is 0.0520. The predicted octanol–water partition coefficient (Wildman–Crippen LogP) is 3.48. The molecule has 96 valence electrons. The van der Waals surface area contributed by atoms with Gasteiger partial charge in [-0.1, -0.05) is 41.9 Å². The first-order valence-electron chi connectivity index (χ1n) is 6.21. The van der Waals surface area contributed by atoms with Gasteiger partial charge >= 0.3 is 0 Å². The first-order chi connectivity index (χ1) is 9.24. The van der Waals surface area contributed by atoms with E-state index in [1.165, 1.54) is 5.56 Å². The lowest BCUT2D eigenvalue weighted by Crippen LogP contribution is -2.14. The van der Waals surface area contributed by atoms with Gasteiger partial charge in [0.2, 0.25) is 5.91 Å². The molecular formula is C15H13ClN2O. The highest BCUT2D eigenvalue weighted by Gasteiger charge is 2.43. The van der Waals surface area contributed by atoms with Gasteiger partial charge in [0.1, 0.15) is 5.15 Å². The second kappa shape index (κ2) is 5.02. The lowest BCUT2D eigenvalue weighted by molar-refractivity contribution is -0.117. The Bertz CT molecular complexity index is 600. The van der Waals surface area contributed by atoms with Crippen LogP contribution < -0.4 is 5.32 Å². The lowest BCUT2D eigenvalue weighted by Gasteiger charge is -2.05. The number of rotatable bonds is 3. The Hall–Kier alpha value is -1.87. The summed E-state index contributed by atoms with van der Waals surface area (Å²) in [6.07, 6.45) is 2.49. The van der Waals surface area contributed by atoms with Crippen molar-refractivity contribution in [3.63, 3.8) is 0 Å². The molecule has 2 aromatic rings. The van der Waals surface area contributed by atoms with Crippen LogP contribution in [0.3, 0.4) is 0 Å². The summed E-state index contributed by atoms with van der Waals surface area (Å²) >= 11 is 5.79. The van der Waals surface area contributed by atoms with Crippen LogP contribution in [0, 0.1) is 5.92 Å². The van der Waals surface area contributed by atoms with Gasteiger partial charge in [-0.3, -0.25) is 4.79 Å². The Morgan fingerprint density at radius 3 is 2.79 bits per heavy atom. The van der Waals surface area contributed by atoms with Crippen molar-refractivity contribution in [2.75, 3.05) is 5.32 Å². The maximum Gasteiger partial charge on any atom is 0.228 e. The second-order valence-electron chi connectivity index (χ2n) is 4.72. The number of nitrogens with one attached hydrogen (secondary N) is 1. The molecule has 1 amide bonds. The van der Waals surface area contributed by atoms with Gasteiger partial charge in [0.05, 0.1) is 0 Å². The molecule has 0 radical (unpaired) electrons. The van der Waals surface area contributed by atoms with Crippen molar-refractivity contribution in [1.29, 1.82) is 0 Å². The van der Waals surface area contributed by atoms with Crippen molar-refractivity contribution < 1.29 is 4.79 Å². The average Bonchev–Trinajstić information content (AvgIpc) is 3.20. The second-order valence-corrected chi connectivity index (χ2v) is 5.10. The molecule has 3 rings (SSSR count). The molecule has 1 aromatic heterocycles. The van der Waals surface area contributed by atoms with Gasteiger partial charge in [0, 0.05) is 17.8 Å². The summed E-state index contributed by atoms with van der Waals surface area (Å²) in [4.78, 5) is 16.0. The van der Waals surface area contributed by atoms with Crippen LogP contribution in [-0.2, 0) is 4.79 Å². The Morgan fingerprint density at radius 1 is 1.26 bits per heavy atom. The smallest absolute Gasteiger partial charge is 0.228 e. The average molecular weight is 273 g/mol. The molecule has 0 bridgehead atoms. The summed E-state index contributed by atoms with van der Waals surface area (Å²) in [5, 5.41) is 3.26. The van der Waals surface area contributed by atoms with Crippen LogP contribution >= 0.6 is 11.6 Å². The Kier molecular flexibility index (Phi) is 3.22. The fraction of sp³-hybridized carbons (Fsp3) is 0.200. The number of pyridine rings is 1. The molecule has 0 saturated heterocycles. The van der Waals surface area contributed by atoms with E-state index in [4.69, 9.17) is 11.6 Å². The number of nitrogens with zero attached hydrogens (tertiary/aromatic N) is 1. The van der Waals surface area contributed by atoms with E-state index in [1.54, 1.807) is 18.3 Å². The van der Waals surface area contributed by atoms with Gasteiger partial charge in [0.25, 0.3) is 0 Å². The van der Waals surface area contributed by atoms with Crippen LogP contribution in [0.4, 0.5) is 5.69 Å². The Labute approximate surface area is 116 Å².